The summed E-state index contributed by atoms with van der Waals surface area (Å²) in [6, 6.07) is 6.77. The van der Waals surface area contributed by atoms with Crippen molar-refractivity contribution in [1.82, 2.24) is 25.0 Å². The summed E-state index contributed by atoms with van der Waals surface area (Å²) in [6.07, 6.45) is 1.48. The van der Waals surface area contributed by atoms with Gasteiger partial charge in [-0.1, -0.05) is 5.21 Å². The average molecular weight is 355 g/mol. The van der Waals surface area contributed by atoms with E-state index in [1.165, 1.54) is 23.1 Å². The van der Waals surface area contributed by atoms with E-state index in [1.807, 2.05) is 0 Å². The summed E-state index contributed by atoms with van der Waals surface area (Å²) < 4.78 is 20.8. The maximum Gasteiger partial charge on any atom is 0.272 e. The molecule has 10 nitrogen and oxygen atoms in total. The van der Waals surface area contributed by atoms with Gasteiger partial charge in [-0.05, 0) is 18.2 Å². The Kier molecular flexibility index (Phi) is 3.53. The normalized spacial score (nSPS) is 11.1. The van der Waals surface area contributed by atoms with Gasteiger partial charge in [-0.15, -0.1) is 5.10 Å². The molecule has 2 N–H and O–H groups in total. The first-order valence-corrected chi connectivity index (χ1v) is 7.36. The second-order valence-electron chi connectivity index (χ2n) is 5.36. The molecule has 26 heavy (non-hydrogen) atoms. The number of hydrogen-bond acceptors (Lipinski definition) is 8. The van der Waals surface area contributed by atoms with Crippen LogP contribution in [-0.4, -0.2) is 29.9 Å². The Labute approximate surface area is 144 Å². The van der Waals surface area contributed by atoms with Gasteiger partial charge in [-0.2, -0.15) is 4.98 Å². The Morgan fingerprint density at radius 3 is 2.85 bits per heavy atom. The van der Waals surface area contributed by atoms with Gasteiger partial charge in [0.1, 0.15) is 11.5 Å². The van der Waals surface area contributed by atoms with Gasteiger partial charge in [0.05, 0.1) is 23.8 Å². The molecule has 130 valence electrons. The maximum absolute atomic E-state index is 14.1. The van der Waals surface area contributed by atoms with Crippen molar-refractivity contribution in [3.63, 3.8) is 0 Å². The molecule has 0 aliphatic heterocycles. The molecule has 0 saturated heterocycles. The summed E-state index contributed by atoms with van der Waals surface area (Å²) in [5.41, 5.74) is 6.62. The topological polar surface area (TPSA) is 139 Å². The van der Waals surface area contributed by atoms with E-state index in [4.69, 9.17) is 10.2 Å². The molecule has 0 amide bonds. The number of nitrogens with zero attached hydrogens (tertiary/aromatic N) is 6. The zero-order valence-corrected chi connectivity index (χ0v) is 13.0. The summed E-state index contributed by atoms with van der Waals surface area (Å²) >= 11 is 0. The van der Waals surface area contributed by atoms with E-state index in [0.29, 0.717) is 22.6 Å². The molecule has 0 radical (unpaired) electrons. The van der Waals surface area contributed by atoms with Crippen LogP contribution in [0.25, 0.3) is 22.6 Å². The summed E-state index contributed by atoms with van der Waals surface area (Å²) in [5.74, 6) is -0.301. The Morgan fingerprint density at radius 1 is 1.31 bits per heavy atom. The zero-order chi connectivity index (χ0) is 18.3. The number of halogens is 1. The molecule has 3 aromatic heterocycles. The number of anilines is 1. The van der Waals surface area contributed by atoms with E-state index < -0.39 is 10.7 Å². The lowest BCUT2D eigenvalue weighted by Crippen LogP contribution is -2.06. The van der Waals surface area contributed by atoms with E-state index >= 15 is 0 Å². The van der Waals surface area contributed by atoms with Crippen LogP contribution < -0.4 is 5.73 Å². The molecular formula is C15H10FN7O3. The third-order valence-corrected chi connectivity index (χ3v) is 3.70. The largest absolute Gasteiger partial charge is 0.463 e. The van der Waals surface area contributed by atoms with Crippen LogP contribution in [0.1, 0.15) is 5.56 Å². The molecule has 0 aliphatic rings. The number of non-ortho nitro benzene ring substituents is 1. The fourth-order valence-corrected chi connectivity index (χ4v) is 2.50. The second kappa shape index (κ2) is 5.88. The number of nitrogen functional groups attached to an aromatic ring is 1. The predicted octanol–water partition coefficient (Wildman–Crippen LogP) is 2.16. The minimum atomic E-state index is -0.726. The van der Waals surface area contributed by atoms with Crippen LogP contribution in [0.15, 0.2) is 41.0 Å². The van der Waals surface area contributed by atoms with Gasteiger partial charge < -0.3 is 10.2 Å². The lowest BCUT2D eigenvalue weighted by atomic mass is 10.2. The van der Waals surface area contributed by atoms with Gasteiger partial charge in [-0.3, -0.25) is 10.1 Å². The molecule has 4 rings (SSSR count). The lowest BCUT2D eigenvalue weighted by Gasteiger charge is -2.05. The summed E-state index contributed by atoms with van der Waals surface area (Å²) in [7, 11) is 0. The van der Waals surface area contributed by atoms with Gasteiger partial charge in [0, 0.05) is 11.6 Å². The minimum Gasteiger partial charge on any atom is -0.463 e. The number of furan rings is 1. The first-order chi connectivity index (χ1) is 12.5. The van der Waals surface area contributed by atoms with Crippen molar-refractivity contribution < 1.29 is 13.7 Å². The molecule has 0 bridgehead atoms. The van der Waals surface area contributed by atoms with Crippen LogP contribution in [0.3, 0.4) is 0 Å². The highest BCUT2D eigenvalue weighted by Gasteiger charge is 2.18. The third kappa shape index (κ3) is 2.60. The Morgan fingerprint density at radius 2 is 2.15 bits per heavy atom. The number of aromatic nitrogens is 5. The highest BCUT2D eigenvalue weighted by molar-refractivity contribution is 5.85. The smallest absolute Gasteiger partial charge is 0.272 e. The zero-order valence-electron chi connectivity index (χ0n) is 13.0. The Bertz CT molecular complexity index is 1120. The molecule has 0 atom stereocenters. The van der Waals surface area contributed by atoms with E-state index in [1.54, 1.807) is 12.1 Å². The van der Waals surface area contributed by atoms with Crippen molar-refractivity contribution in [2.75, 3.05) is 5.73 Å². The van der Waals surface area contributed by atoms with Gasteiger partial charge >= 0.3 is 0 Å². The van der Waals surface area contributed by atoms with Gasteiger partial charge in [0.15, 0.2) is 16.9 Å². The summed E-state index contributed by atoms with van der Waals surface area (Å²) in [5, 5.41) is 18.7. The number of fused-ring (bicyclic) bond motifs is 1. The van der Waals surface area contributed by atoms with E-state index in [-0.39, 0.29) is 23.7 Å². The third-order valence-electron chi connectivity index (χ3n) is 3.70. The van der Waals surface area contributed by atoms with Crippen molar-refractivity contribution in [2.45, 2.75) is 6.54 Å². The van der Waals surface area contributed by atoms with Crippen LogP contribution in [-0.2, 0) is 6.54 Å². The summed E-state index contributed by atoms with van der Waals surface area (Å²) in [4.78, 5) is 18.3. The SMILES string of the molecule is Nc1nc(-c2ccco2)c2nnn(Cc3ccc([N+](=O)[O-])cc3F)c2n1. The van der Waals surface area contributed by atoms with Crippen LogP contribution in [0.4, 0.5) is 16.0 Å². The molecule has 4 aromatic rings. The molecule has 11 heteroatoms. The van der Waals surface area contributed by atoms with E-state index in [9.17, 15) is 14.5 Å². The quantitative estimate of drug-likeness (QED) is 0.434. The first kappa shape index (κ1) is 15.6. The molecule has 3 heterocycles. The Balaban J connectivity index is 1.78. The predicted molar refractivity (Wildman–Crippen MR) is 87.4 cm³/mol. The van der Waals surface area contributed by atoms with Crippen molar-refractivity contribution in [1.29, 1.82) is 0 Å². The number of nitro benzene ring substituents is 1. The molecule has 1 aromatic carbocycles. The fourth-order valence-electron chi connectivity index (χ4n) is 2.50. The van der Waals surface area contributed by atoms with Crippen LogP contribution in [0, 0.1) is 15.9 Å². The van der Waals surface area contributed by atoms with Crippen molar-refractivity contribution in [3.05, 3.63) is 58.1 Å². The maximum atomic E-state index is 14.1. The number of nitrogens with two attached hydrogens (primary N) is 1. The van der Waals surface area contributed by atoms with Crippen molar-refractivity contribution in [3.8, 4) is 11.5 Å². The highest BCUT2D eigenvalue weighted by atomic mass is 19.1. The van der Waals surface area contributed by atoms with Gasteiger partial charge in [0.25, 0.3) is 5.69 Å². The Hall–Kier alpha value is -3.89. The van der Waals surface area contributed by atoms with E-state index in [0.717, 1.165) is 6.07 Å². The number of nitro groups is 1. The highest BCUT2D eigenvalue weighted by Crippen LogP contribution is 2.26. The molecule has 0 saturated carbocycles. The van der Waals surface area contributed by atoms with Gasteiger partial charge in [-0.25, -0.2) is 14.1 Å². The van der Waals surface area contributed by atoms with E-state index in [2.05, 4.69) is 20.3 Å². The van der Waals surface area contributed by atoms with Crippen molar-refractivity contribution in [2.24, 2.45) is 0 Å². The minimum absolute atomic E-state index is 0.0170. The lowest BCUT2D eigenvalue weighted by molar-refractivity contribution is -0.385. The molecule has 0 unspecified atom stereocenters. The second-order valence-corrected chi connectivity index (χ2v) is 5.36. The van der Waals surface area contributed by atoms with Crippen LogP contribution >= 0.6 is 0 Å². The monoisotopic (exact) mass is 355 g/mol. The standard InChI is InChI=1S/C15H10FN7O3/c16-10-6-9(23(24)25)4-3-8(10)7-22-14-13(20-21-22)12(18-15(17)19-14)11-2-1-5-26-11/h1-6H,7H2,(H2,17,18,19). The van der Waals surface area contributed by atoms with Crippen LogP contribution in [0.5, 0.6) is 0 Å². The number of rotatable bonds is 4. The fraction of sp³-hybridized carbons (Fsp3) is 0.0667. The van der Waals surface area contributed by atoms with Crippen molar-refractivity contribution >= 4 is 22.8 Å². The molecule has 0 aliphatic carbocycles. The summed E-state index contributed by atoms with van der Waals surface area (Å²) in [6.45, 7) is -0.0334. The van der Waals surface area contributed by atoms with Crippen LogP contribution in [0.2, 0.25) is 0 Å². The molecule has 0 spiro atoms. The number of benzene rings is 1. The molecular weight excluding hydrogens is 345 g/mol. The van der Waals surface area contributed by atoms with Gasteiger partial charge in [0.2, 0.25) is 5.95 Å². The molecule has 0 fully saturated rings. The first-order valence-electron chi connectivity index (χ1n) is 7.36. The average Bonchev–Trinajstić information content (AvgIpc) is 3.26. The number of hydrogen-bond donors (Lipinski definition) is 1.